The number of H-pyrrole nitrogens is 1. The van der Waals surface area contributed by atoms with E-state index in [1.165, 1.54) is 0 Å². The van der Waals surface area contributed by atoms with Crippen LogP contribution < -0.4 is 10.9 Å². The summed E-state index contributed by atoms with van der Waals surface area (Å²) >= 11 is 0. The fourth-order valence-corrected chi connectivity index (χ4v) is 3.97. The molecule has 0 unspecified atom stereocenters. The van der Waals surface area contributed by atoms with Crippen LogP contribution in [0.3, 0.4) is 0 Å². The molecule has 1 aliphatic heterocycles. The molecule has 0 spiro atoms. The Morgan fingerprint density at radius 2 is 1.91 bits per heavy atom. The molecule has 168 valence electrons. The maximum absolute atomic E-state index is 13.1. The Balaban J connectivity index is 1.50. The van der Waals surface area contributed by atoms with Gasteiger partial charge in [0.15, 0.2) is 0 Å². The van der Waals surface area contributed by atoms with E-state index < -0.39 is 0 Å². The van der Waals surface area contributed by atoms with Crippen LogP contribution in [0.4, 0.5) is 10.5 Å². The minimum absolute atomic E-state index is 0.159. The fourth-order valence-electron chi connectivity index (χ4n) is 3.97. The summed E-state index contributed by atoms with van der Waals surface area (Å²) in [6.07, 6.45) is 0.826. The Morgan fingerprint density at radius 1 is 1.12 bits per heavy atom. The first-order chi connectivity index (χ1) is 15.6. The molecule has 3 aromatic rings. The van der Waals surface area contributed by atoms with Crippen LogP contribution >= 0.6 is 0 Å². The van der Waals surface area contributed by atoms with Crippen LogP contribution in [-0.4, -0.2) is 60.2 Å². The molecule has 2 N–H and O–H groups in total. The summed E-state index contributed by atoms with van der Waals surface area (Å²) in [6, 6.07) is 17.0. The van der Waals surface area contributed by atoms with E-state index in [0.717, 1.165) is 61.4 Å². The quantitative estimate of drug-likeness (QED) is 0.596. The van der Waals surface area contributed by atoms with Crippen molar-refractivity contribution in [2.24, 2.45) is 0 Å². The molecular weight excluding hydrogens is 404 g/mol. The normalized spacial score (nSPS) is 14.4. The molecule has 0 aliphatic carbocycles. The number of ether oxygens (including phenoxy) is 1. The second-order valence-corrected chi connectivity index (χ2v) is 8.24. The smallest absolute Gasteiger partial charge is 0.322 e. The lowest BCUT2D eigenvalue weighted by Gasteiger charge is -2.28. The van der Waals surface area contributed by atoms with Crippen molar-refractivity contribution in [3.8, 4) is 0 Å². The molecule has 2 aromatic carbocycles. The molecule has 1 aliphatic rings. The van der Waals surface area contributed by atoms with Gasteiger partial charge in [-0.05, 0) is 48.6 Å². The number of urea groups is 1. The Hall–Kier alpha value is -3.16. The highest BCUT2D eigenvalue weighted by atomic mass is 16.5. The summed E-state index contributed by atoms with van der Waals surface area (Å²) in [5.74, 6) is 0. The SMILES string of the molecule is Cc1ccc2cc(CN(CCCN3CCOCC3)C(=O)Nc3ccccc3)c(=O)[nH]c2c1. The van der Waals surface area contributed by atoms with Crippen molar-refractivity contribution in [3.63, 3.8) is 0 Å². The number of fused-ring (bicyclic) bond motifs is 1. The lowest BCUT2D eigenvalue weighted by molar-refractivity contribution is 0.0365. The first-order valence-electron chi connectivity index (χ1n) is 11.1. The number of morpholine rings is 1. The topological polar surface area (TPSA) is 77.7 Å². The molecular formula is C25H30N4O3. The lowest BCUT2D eigenvalue weighted by atomic mass is 10.1. The number of pyridine rings is 1. The zero-order valence-electron chi connectivity index (χ0n) is 18.5. The molecule has 2 amide bonds. The number of anilines is 1. The average Bonchev–Trinajstić information content (AvgIpc) is 2.80. The number of hydrogen-bond acceptors (Lipinski definition) is 4. The Kier molecular flexibility index (Phi) is 7.19. The monoisotopic (exact) mass is 434 g/mol. The Bertz CT molecular complexity index is 1110. The van der Waals surface area contributed by atoms with Crippen LogP contribution in [-0.2, 0) is 11.3 Å². The van der Waals surface area contributed by atoms with E-state index >= 15 is 0 Å². The number of nitrogens with one attached hydrogen (secondary N) is 2. The van der Waals surface area contributed by atoms with E-state index in [4.69, 9.17) is 4.74 Å². The molecule has 0 bridgehead atoms. The van der Waals surface area contributed by atoms with Crippen LogP contribution in [0.2, 0.25) is 0 Å². The van der Waals surface area contributed by atoms with Crippen molar-refractivity contribution in [2.75, 3.05) is 44.7 Å². The molecule has 7 nitrogen and oxygen atoms in total. The zero-order chi connectivity index (χ0) is 22.3. The molecule has 4 rings (SSSR count). The van der Waals surface area contributed by atoms with E-state index in [9.17, 15) is 9.59 Å². The number of nitrogens with zero attached hydrogens (tertiary/aromatic N) is 2. The van der Waals surface area contributed by atoms with E-state index in [1.54, 1.807) is 4.90 Å². The van der Waals surface area contributed by atoms with Crippen molar-refractivity contribution in [3.05, 3.63) is 76.1 Å². The molecule has 1 saturated heterocycles. The maximum Gasteiger partial charge on any atom is 0.322 e. The number of amides is 2. The van der Waals surface area contributed by atoms with Crippen LogP contribution in [0.25, 0.3) is 10.9 Å². The molecule has 0 atom stereocenters. The number of hydrogen-bond donors (Lipinski definition) is 2. The predicted molar refractivity (Wildman–Crippen MR) is 127 cm³/mol. The third-order valence-corrected chi connectivity index (χ3v) is 5.76. The van der Waals surface area contributed by atoms with Crippen LogP contribution in [0, 0.1) is 6.92 Å². The minimum atomic E-state index is -0.207. The van der Waals surface area contributed by atoms with Gasteiger partial charge in [0.05, 0.1) is 19.8 Å². The van der Waals surface area contributed by atoms with Crippen LogP contribution in [0.5, 0.6) is 0 Å². The highest BCUT2D eigenvalue weighted by Gasteiger charge is 2.18. The van der Waals surface area contributed by atoms with E-state index in [-0.39, 0.29) is 18.1 Å². The summed E-state index contributed by atoms with van der Waals surface area (Å²) in [6.45, 7) is 7.04. The van der Waals surface area contributed by atoms with Gasteiger partial charge in [-0.2, -0.15) is 0 Å². The number of carbonyl (C=O) groups excluding carboxylic acids is 1. The van der Waals surface area contributed by atoms with Gasteiger partial charge in [-0.15, -0.1) is 0 Å². The van der Waals surface area contributed by atoms with E-state index in [1.807, 2.05) is 61.5 Å². The van der Waals surface area contributed by atoms with Crippen LogP contribution in [0.15, 0.2) is 59.4 Å². The first kappa shape index (κ1) is 22.0. The number of rotatable bonds is 7. The van der Waals surface area contributed by atoms with Gasteiger partial charge in [-0.3, -0.25) is 9.69 Å². The predicted octanol–water partition coefficient (Wildman–Crippen LogP) is 3.59. The molecule has 1 fully saturated rings. The van der Waals surface area contributed by atoms with E-state index in [0.29, 0.717) is 12.1 Å². The summed E-state index contributed by atoms with van der Waals surface area (Å²) in [5.41, 5.74) is 3.06. The Labute approximate surface area is 188 Å². The summed E-state index contributed by atoms with van der Waals surface area (Å²) in [5, 5.41) is 3.92. The van der Waals surface area contributed by atoms with Gasteiger partial charge in [0, 0.05) is 42.9 Å². The molecule has 1 aromatic heterocycles. The lowest BCUT2D eigenvalue weighted by Crippen LogP contribution is -2.40. The Morgan fingerprint density at radius 3 is 2.69 bits per heavy atom. The standard InChI is InChI=1S/C25H30N4O3/c1-19-8-9-20-17-21(24(30)27-23(20)16-19)18-29(11-5-10-28-12-14-32-15-13-28)25(31)26-22-6-3-2-4-7-22/h2-4,6-9,16-17H,5,10-15,18H2,1H3,(H,26,31)(H,27,30). The van der Waals surface area contributed by atoms with Crippen molar-refractivity contribution < 1.29 is 9.53 Å². The third kappa shape index (κ3) is 5.75. The fraction of sp³-hybridized carbons (Fsp3) is 0.360. The summed E-state index contributed by atoms with van der Waals surface area (Å²) in [4.78, 5) is 32.9. The second kappa shape index (κ2) is 10.4. The maximum atomic E-state index is 13.1. The third-order valence-electron chi connectivity index (χ3n) is 5.76. The van der Waals surface area contributed by atoms with Crippen LogP contribution in [0.1, 0.15) is 17.5 Å². The van der Waals surface area contributed by atoms with Gasteiger partial charge in [0.1, 0.15) is 0 Å². The summed E-state index contributed by atoms with van der Waals surface area (Å²) in [7, 11) is 0. The summed E-state index contributed by atoms with van der Waals surface area (Å²) < 4.78 is 5.41. The highest BCUT2D eigenvalue weighted by molar-refractivity contribution is 5.89. The number of aromatic amines is 1. The van der Waals surface area contributed by atoms with Gasteiger partial charge in [0.2, 0.25) is 0 Å². The number of para-hydroxylation sites is 1. The minimum Gasteiger partial charge on any atom is -0.379 e. The van der Waals surface area contributed by atoms with Crippen molar-refractivity contribution in [1.29, 1.82) is 0 Å². The zero-order valence-corrected chi connectivity index (χ0v) is 18.5. The first-order valence-corrected chi connectivity index (χ1v) is 11.1. The van der Waals surface area contributed by atoms with E-state index in [2.05, 4.69) is 15.2 Å². The van der Waals surface area contributed by atoms with Crippen molar-refractivity contribution in [1.82, 2.24) is 14.8 Å². The number of aromatic nitrogens is 1. The van der Waals surface area contributed by atoms with Gasteiger partial charge in [-0.1, -0.05) is 30.3 Å². The van der Waals surface area contributed by atoms with Crippen molar-refractivity contribution in [2.45, 2.75) is 19.9 Å². The second-order valence-electron chi connectivity index (χ2n) is 8.24. The number of aryl methyl sites for hydroxylation is 1. The highest BCUT2D eigenvalue weighted by Crippen LogP contribution is 2.15. The van der Waals surface area contributed by atoms with Gasteiger partial charge < -0.3 is 19.9 Å². The number of carbonyl (C=O) groups is 1. The molecule has 32 heavy (non-hydrogen) atoms. The molecule has 7 heteroatoms. The average molecular weight is 435 g/mol. The van der Waals surface area contributed by atoms with Gasteiger partial charge >= 0.3 is 6.03 Å². The molecule has 0 radical (unpaired) electrons. The van der Waals surface area contributed by atoms with Gasteiger partial charge in [-0.25, -0.2) is 4.79 Å². The van der Waals surface area contributed by atoms with Crippen molar-refractivity contribution >= 4 is 22.6 Å². The molecule has 2 heterocycles. The molecule has 0 saturated carbocycles. The van der Waals surface area contributed by atoms with Gasteiger partial charge in [0.25, 0.3) is 5.56 Å². The number of benzene rings is 2. The largest absolute Gasteiger partial charge is 0.379 e.